The highest BCUT2D eigenvalue weighted by atomic mass is 35.5. The number of halogens is 1. The Balaban J connectivity index is 2.08. The Bertz CT molecular complexity index is 1730. The van der Waals surface area contributed by atoms with Crippen molar-refractivity contribution in [2.45, 2.75) is 85.1 Å². The number of methoxy groups -OCH3 is 1. The van der Waals surface area contributed by atoms with E-state index < -0.39 is 12.0 Å². The van der Waals surface area contributed by atoms with E-state index in [1.54, 1.807) is 36.8 Å². The van der Waals surface area contributed by atoms with E-state index in [9.17, 15) is 14.7 Å². The monoisotopic (exact) mass is 624 g/mol. The van der Waals surface area contributed by atoms with Gasteiger partial charge in [-0.3, -0.25) is 9.36 Å². The number of carbonyl (C=O) groups excluding carboxylic acids is 1. The minimum absolute atomic E-state index is 0.179. The number of thiazole rings is 1. The quantitative estimate of drug-likeness (QED) is 0.302. The van der Waals surface area contributed by atoms with Crippen LogP contribution in [-0.4, -0.2) is 29.4 Å². The highest BCUT2D eigenvalue weighted by Crippen LogP contribution is 2.41. The number of nitrogens with zero attached hydrogens (tertiary/aromatic N) is 2. The number of carbonyl (C=O) groups is 1. The van der Waals surface area contributed by atoms with Gasteiger partial charge in [0.15, 0.2) is 4.80 Å². The molecule has 0 radical (unpaired) electrons. The van der Waals surface area contributed by atoms with Gasteiger partial charge in [0.05, 0.1) is 29.5 Å². The van der Waals surface area contributed by atoms with E-state index in [1.807, 2.05) is 25.1 Å². The van der Waals surface area contributed by atoms with Gasteiger partial charge < -0.3 is 14.6 Å². The predicted molar refractivity (Wildman–Crippen MR) is 173 cm³/mol. The summed E-state index contributed by atoms with van der Waals surface area (Å²) in [5, 5.41) is 11.7. The van der Waals surface area contributed by atoms with Crippen LogP contribution in [0.1, 0.15) is 96.5 Å². The molecule has 3 aromatic rings. The van der Waals surface area contributed by atoms with Crippen LogP contribution in [0.2, 0.25) is 5.02 Å². The fraction of sp³-hybridized carbons (Fsp3) is 0.441. The van der Waals surface area contributed by atoms with Crippen molar-refractivity contribution in [3.8, 4) is 11.5 Å². The van der Waals surface area contributed by atoms with Gasteiger partial charge in [-0.05, 0) is 66.1 Å². The number of benzene rings is 2. The molecule has 0 spiro atoms. The second kappa shape index (κ2) is 12.3. The summed E-state index contributed by atoms with van der Waals surface area (Å²) in [6, 6.07) is 8.19. The Morgan fingerprint density at radius 3 is 2.26 bits per heavy atom. The summed E-state index contributed by atoms with van der Waals surface area (Å²) in [5.41, 5.74) is 2.91. The van der Waals surface area contributed by atoms with Crippen LogP contribution in [0.15, 0.2) is 51.4 Å². The number of aromatic nitrogens is 1. The third-order valence-corrected chi connectivity index (χ3v) is 8.64. The van der Waals surface area contributed by atoms with Crippen LogP contribution in [0.4, 0.5) is 0 Å². The molecule has 0 saturated carbocycles. The molecule has 0 bridgehead atoms. The Morgan fingerprint density at radius 1 is 1.09 bits per heavy atom. The van der Waals surface area contributed by atoms with Crippen molar-refractivity contribution in [1.29, 1.82) is 0 Å². The summed E-state index contributed by atoms with van der Waals surface area (Å²) in [6.45, 7) is 16.3. The molecule has 2 aromatic carbocycles. The molecule has 2 heterocycles. The summed E-state index contributed by atoms with van der Waals surface area (Å²) in [6.07, 6.45) is 3.11. The molecular weight excluding hydrogens is 584 g/mol. The third kappa shape index (κ3) is 6.46. The number of phenolic OH excluding ortho intramolecular Hbond substituents is 1. The summed E-state index contributed by atoms with van der Waals surface area (Å²) in [4.78, 5) is 33.1. The van der Waals surface area contributed by atoms with Crippen molar-refractivity contribution in [1.82, 2.24) is 4.57 Å². The van der Waals surface area contributed by atoms with Gasteiger partial charge in [-0.25, -0.2) is 9.79 Å². The number of esters is 1. The van der Waals surface area contributed by atoms with E-state index in [0.717, 1.165) is 23.1 Å². The topological polar surface area (TPSA) is 90.1 Å². The second-order valence-corrected chi connectivity index (χ2v) is 14.2. The zero-order valence-corrected chi connectivity index (χ0v) is 28.0. The lowest BCUT2D eigenvalue weighted by atomic mass is 9.78. The lowest BCUT2D eigenvalue weighted by Crippen LogP contribution is -2.40. The normalized spacial score (nSPS) is 15.8. The molecule has 0 amide bonds. The third-order valence-electron chi connectivity index (χ3n) is 7.42. The van der Waals surface area contributed by atoms with Crippen LogP contribution in [0, 0.1) is 0 Å². The number of allylic oxidation sites excluding steroid dienone is 1. The summed E-state index contributed by atoms with van der Waals surface area (Å²) in [7, 11) is 1.54. The van der Waals surface area contributed by atoms with Gasteiger partial charge in [-0.15, -0.1) is 0 Å². The summed E-state index contributed by atoms with van der Waals surface area (Å²) >= 11 is 7.72. The van der Waals surface area contributed by atoms with E-state index >= 15 is 0 Å². The Kier molecular flexibility index (Phi) is 9.33. The molecule has 4 rings (SSSR count). The molecule has 1 aliphatic rings. The molecule has 0 saturated heterocycles. The molecule has 1 N–H and O–H groups in total. The molecule has 1 aliphatic heterocycles. The number of rotatable bonds is 7. The first-order valence-electron chi connectivity index (χ1n) is 14.6. The van der Waals surface area contributed by atoms with Crippen LogP contribution in [0.5, 0.6) is 11.5 Å². The van der Waals surface area contributed by atoms with E-state index in [4.69, 9.17) is 26.1 Å². The Hall–Kier alpha value is -3.36. The van der Waals surface area contributed by atoms with Gasteiger partial charge in [-0.1, -0.05) is 77.8 Å². The van der Waals surface area contributed by atoms with Crippen LogP contribution >= 0.6 is 22.9 Å². The fourth-order valence-electron chi connectivity index (χ4n) is 5.37. The largest absolute Gasteiger partial charge is 0.507 e. The van der Waals surface area contributed by atoms with Gasteiger partial charge in [-0.2, -0.15) is 0 Å². The van der Waals surface area contributed by atoms with Gasteiger partial charge in [0.2, 0.25) is 0 Å². The number of hydrogen-bond donors (Lipinski definition) is 1. The average molecular weight is 625 g/mol. The van der Waals surface area contributed by atoms with E-state index in [0.29, 0.717) is 43.4 Å². The predicted octanol–water partition coefficient (Wildman–Crippen LogP) is 6.54. The van der Waals surface area contributed by atoms with Crippen molar-refractivity contribution >= 4 is 35.0 Å². The highest BCUT2D eigenvalue weighted by Gasteiger charge is 2.36. The fourth-order valence-corrected chi connectivity index (χ4v) is 6.57. The maximum absolute atomic E-state index is 14.3. The number of fused-ring (bicyclic) bond motifs is 1. The number of hydrogen-bond acceptors (Lipinski definition) is 7. The van der Waals surface area contributed by atoms with Crippen molar-refractivity contribution in [2.24, 2.45) is 4.99 Å². The number of phenols is 1. The molecule has 230 valence electrons. The maximum Gasteiger partial charge on any atom is 0.338 e. The van der Waals surface area contributed by atoms with E-state index in [2.05, 4.69) is 41.5 Å². The smallest absolute Gasteiger partial charge is 0.338 e. The first kappa shape index (κ1) is 32.6. The Morgan fingerprint density at radius 2 is 1.72 bits per heavy atom. The number of aromatic hydroxyl groups is 1. The summed E-state index contributed by atoms with van der Waals surface area (Å²) in [5.74, 6) is 0.237. The summed E-state index contributed by atoms with van der Waals surface area (Å²) < 4.78 is 13.2. The SMILES string of the molecule is CCCC1=C(C(=O)OCC)[C@@H](c2cc(Cl)ccc2OC)n2c(s/c(=C/c3cc(C(C)(C)C)c(O)c(C(C)(C)C)c3)c2=O)=N1. The van der Waals surface area contributed by atoms with Crippen LogP contribution in [-0.2, 0) is 20.4 Å². The van der Waals surface area contributed by atoms with Gasteiger partial charge >= 0.3 is 5.97 Å². The molecule has 1 aromatic heterocycles. The average Bonchev–Trinajstić information content (AvgIpc) is 3.22. The standard InChI is InChI=1S/C34H41ClN2O5S/c1-10-12-24-27(31(40)42-11-2)28(21-18-20(35)13-14-25(21)41-9)37-30(39)26(43-32(37)36-24)17-19-15-22(33(3,4)5)29(38)23(16-19)34(6,7)8/h13-18,28,38H,10-12H2,1-9H3/b26-17+/t28-/m1/s1. The number of ether oxygens (including phenoxy) is 2. The lowest BCUT2D eigenvalue weighted by molar-refractivity contribution is -0.139. The maximum atomic E-state index is 14.3. The van der Waals surface area contributed by atoms with Crippen molar-refractivity contribution in [3.05, 3.63) is 88.6 Å². The van der Waals surface area contributed by atoms with Crippen molar-refractivity contribution < 1.29 is 19.4 Å². The van der Waals surface area contributed by atoms with Crippen LogP contribution in [0.3, 0.4) is 0 Å². The van der Waals surface area contributed by atoms with Crippen molar-refractivity contribution in [2.75, 3.05) is 13.7 Å². The minimum atomic E-state index is -0.845. The van der Waals surface area contributed by atoms with Crippen LogP contribution in [0.25, 0.3) is 6.08 Å². The molecular formula is C34H41ClN2O5S. The highest BCUT2D eigenvalue weighted by molar-refractivity contribution is 7.07. The van der Waals surface area contributed by atoms with E-state index in [-0.39, 0.29) is 28.7 Å². The van der Waals surface area contributed by atoms with Crippen LogP contribution < -0.4 is 19.6 Å². The lowest BCUT2D eigenvalue weighted by Gasteiger charge is -2.27. The molecule has 1 atom stereocenters. The zero-order chi connectivity index (χ0) is 31.9. The minimum Gasteiger partial charge on any atom is -0.507 e. The zero-order valence-electron chi connectivity index (χ0n) is 26.4. The first-order valence-corrected chi connectivity index (χ1v) is 15.7. The second-order valence-electron chi connectivity index (χ2n) is 12.8. The molecule has 0 unspecified atom stereocenters. The Labute approximate surface area is 262 Å². The molecule has 7 nitrogen and oxygen atoms in total. The molecule has 0 aliphatic carbocycles. The van der Waals surface area contributed by atoms with Gasteiger partial charge in [0.25, 0.3) is 5.56 Å². The van der Waals surface area contributed by atoms with Gasteiger partial charge in [0.1, 0.15) is 17.5 Å². The molecule has 9 heteroatoms. The van der Waals surface area contributed by atoms with Gasteiger partial charge in [0, 0.05) is 21.7 Å². The van der Waals surface area contributed by atoms with E-state index in [1.165, 1.54) is 11.3 Å². The molecule has 0 fully saturated rings. The molecule has 43 heavy (non-hydrogen) atoms. The first-order chi connectivity index (χ1) is 20.1. The van der Waals surface area contributed by atoms with Crippen molar-refractivity contribution in [3.63, 3.8) is 0 Å².